The molecule has 1 aromatic heterocycles. The molecule has 6 nitrogen and oxygen atoms in total. The molecule has 1 unspecified atom stereocenters. The van der Waals surface area contributed by atoms with E-state index in [2.05, 4.69) is 35.2 Å². The zero-order valence-corrected chi connectivity index (χ0v) is 14.8. The number of nitrogens with two attached hydrogens (primary N) is 1. The fourth-order valence-corrected chi connectivity index (χ4v) is 3.97. The van der Waals surface area contributed by atoms with Crippen molar-refractivity contribution in [2.45, 2.75) is 10.9 Å². The van der Waals surface area contributed by atoms with Gasteiger partial charge in [-0.1, -0.05) is 6.07 Å². The molecule has 1 aliphatic rings. The van der Waals surface area contributed by atoms with Gasteiger partial charge in [-0.3, -0.25) is 4.79 Å². The first kappa shape index (κ1) is 16.5. The van der Waals surface area contributed by atoms with Crippen molar-refractivity contribution in [2.75, 3.05) is 12.3 Å². The van der Waals surface area contributed by atoms with Gasteiger partial charge in [0, 0.05) is 12.3 Å². The number of nitrogens with zero attached hydrogens (tertiary/aromatic N) is 3. The molecule has 1 amide bonds. The average Bonchev–Trinajstić information content (AvgIpc) is 3.14. The van der Waals surface area contributed by atoms with E-state index < -0.39 is 5.92 Å². The Labute approximate surface area is 148 Å². The Morgan fingerprint density at radius 3 is 3.00 bits per heavy atom. The van der Waals surface area contributed by atoms with Crippen LogP contribution in [0.5, 0.6) is 0 Å². The Bertz CT molecular complexity index is 781. The summed E-state index contributed by atoms with van der Waals surface area (Å²) in [5, 5.41) is 4.80. The third-order valence-electron chi connectivity index (χ3n) is 3.16. The molecule has 0 saturated heterocycles. The fourth-order valence-electron chi connectivity index (χ4n) is 2.15. The van der Waals surface area contributed by atoms with E-state index in [1.54, 1.807) is 12.1 Å². The van der Waals surface area contributed by atoms with Crippen molar-refractivity contribution in [2.24, 2.45) is 10.8 Å². The maximum atomic E-state index is 13.4. The normalized spacial score (nSPS) is 17.3. The molecule has 1 aliphatic heterocycles. The lowest BCUT2D eigenvalue weighted by Gasteiger charge is -2.11. The first-order valence-corrected chi connectivity index (χ1v) is 9.11. The first-order valence-electron chi connectivity index (χ1n) is 6.60. The van der Waals surface area contributed by atoms with Crippen LogP contribution in [-0.2, 0) is 4.79 Å². The Morgan fingerprint density at radius 1 is 1.43 bits per heavy atom. The standard InChI is InChI=1S/C13H11BrFN5OS2/c14-7-5-6(1-2-8(7)15)9-10(17-18-12(9)21)11-13(20-23-19-11)22-4-3-16/h1-2,5,9H,3-4,16H2,(H,18,21). The number of carbonyl (C=O) groups excluding carboxylic acids is 1. The van der Waals surface area contributed by atoms with Crippen molar-refractivity contribution in [1.82, 2.24) is 14.2 Å². The smallest absolute Gasteiger partial charge is 0.253 e. The highest BCUT2D eigenvalue weighted by Gasteiger charge is 2.35. The van der Waals surface area contributed by atoms with Gasteiger partial charge in [-0.25, -0.2) is 9.82 Å². The number of aromatic nitrogens is 2. The molecule has 1 atom stereocenters. The van der Waals surface area contributed by atoms with Gasteiger partial charge in [0.05, 0.1) is 16.2 Å². The van der Waals surface area contributed by atoms with Gasteiger partial charge in [0.15, 0.2) is 0 Å². The van der Waals surface area contributed by atoms with E-state index in [9.17, 15) is 9.18 Å². The quantitative estimate of drug-likeness (QED) is 0.729. The number of rotatable bonds is 5. The number of amides is 1. The third-order valence-corrected chi connectivity index (χ3v) is 5.41. The number of carbonyl (C=O) groups is 1. The zero-order chi connectivity index (χ0) is 16.4. The molecule has 10 heteroatoms. The monoisotopic (exact) mass is 415 g/mol. The number of nitrogens with one attached hydrogen (secondary N) is 1. The highest BCUT2D eigenvalue weighted by molar-refractivity contribution is 9.10. The van der Waals surface area contributed by atoms with Crippen LogP contribution >= 0.6 is 39.4 Å². The Balaban J connectivity index is 1.97. The number of halogens is 2. The minimum atomic E-state index is -0.645. The number of hydrazone groups is 1. The minimum absolute atomic E-state index is 0.277. The fraction of sp³-hybridized carbons (Fsp3) is 0.231. The molecule has 120 valence electrons. The molecule has 3 rings (SSSR count). The maximum absolute atomic E-state index is 13.4. The van der Waals surface area contributed by atoms with Crippen molar-refractivity contribution in [3.05, 3.63) is 39.7 Å². The number of thioether (sulfide) groups is 1. The van der Waals surface area contributed by atoms with Gasteiger partial charge in [0.2, 0.25) is 0 Å². The summed E-state index contributed by atoms with van der Waals surface area (Å²) >= 11 is 5.66. The second-order valence-corrected chi connectivity index (χ2v) is 7.10. The van der Waals surface area contributed by atoms with Crippen LogP contribution in [-0.4, -0.2) is 32.7 Å². The molecule has 23 heavy (non-hydrogen) atoms. The van der Waals surface area contributed by atoms with Crippen LogP contribution in [0, 0.1) is 5.82 Å². The van der Waals surface area contributed by atoms with Gasteiger partial charge in [0.1, 0.15) is 28.2 Å². The molecule has 0 radical (unpaired) electrons. The largest absolute Gasteiger partial charge is 0.330 e. The van der Waals surface area contributed by atoms with Crippen LogP contribution in [0.1, 0.15) is 17.2 Å². The summed E-state index contributed by atoms with van der Waals surface area (Å²) in [5.74, 6) is -0.616. The van der Waals surface area contributed by atoms with Crippen LogP contribution in [0.4, 0.5) is 4.39 Å². The Kier molecular flexibility index (Phi) is 5.05. The summed E-state index contributed by atoms with van der Waals surface area (Å²) in [7, 11) is 0. The van der Waals surface area contributed by atoms with E-state index in [-0.39, 0.29) is 11.7 Å². The Hall–Kier alpha value is -1.36. The zero-order valence-electron chi connectivity index (χ0n) is 11.6. The highest BCUT2D eigenvalue weighted by atomic mass is 79.9. The van der Waals surface area contributed by atoms with Crippen LogP contribution in [0.2, 0.25) is 0 Å². The van der Waals surface area contributed by atoms with Gasteiger partial charge < -0.3 is 5.73 Å². The molecule has 0 saturated carbocycles. The predicted octanol–water partition coefficient (Wildman–Crippen LogP) is 2.11. The molecule has 0 spiro atoms. The summed E-state index contributed by atoms with van der Waals surface area (Å²) in [6.07, 6.45) is 0. The molecule has 0 bridgehead atoms. The van der Waals surface area contributed by atoms with Crippen LogP contribution in [0.15, 0.2) is 32.8 Å². The maximum Gasteiger partial charge on any atom is 0.253 e. The molecule has 3 N–H and O–H groups in total. The first-order chi connectivity index (χ1) is 11.1. The van der Waals surface area contributed by atoms with Crippen LogP contribution in [0.25, 0.3) is 0 Å². The van der Waals surface area contributed by atoms with E-state index in [0.717, 1.165) is 11.7 Å². The van der Waals surface area contributed by atoms with E-state index >= 15 is 0 Å². The summed E-state index contributed by atoms with van der Waals surface area (Å²) in [4.78, 5) is 12.2. The highest BCUT2D eigenvalue weighted by Crippen LogP contribution is 2.31. The van der Waals surface area contributed by atoms with Crippen molar-refractivity contribution < 1.29 is 9.18 Å². The molecule has 1 aromatic carbocycles. The van der Waals surface area contributed by atoms with Crippen molar-refractivity contribution in [3.8, 4) is 0 Å². The van der Waals surface area contributed by atoms with Gasteiger partial charge in [-0.2, -0.15) is 13.8 Å². The van der Waals surface area contributed by atoms with Gasteiger partial charge in [-0.15, -0.1) is 11.8 Å². The average molecular weight is 416 g/mol. The lowest BCUT2D eigenvalue weighted by atomic mass is 9.93. The lowest BCUT2D eigenvalue weighted by Crippen LogP contribution is -2.22. The Morgan fingerprint density at radius 2 is 2.26 bits per heavy atom. The second kappa shape index (κ2) is 7.04. The third kappa shape index (κ3) is 3.30. The van der Waals surface area contributed by atoms with E-state index in [1.807, 2.05) is 0 Å². The number of hydrogen-bond donors (Lipinski definition) is 2. The lowest BCUT2D eigenvalue weighted by molar-refractivity contribution is -0.120. The minimum Gasteiger partial charge on any atom is -0.330 e. The van der Waals surface area contributed by atoms with Crippen molar-refractivity contribution >= 4 is 51.0 Å². The molecule has 0 aliphatic carbocycles. The molecule has 0 fully saturated rings. The topological polar surface area (TPSA) is 93.3 Å². The number of benzene rings is 1. The van der Waals surface area contributed by atoms with Crippen LogP contribution in [0.3, 0.4) is 0 Å². The predicted molar refractivity (Wildman–Crippen MR) is 91.2 cm³/mol. The summed E-state index contributed by atoms with van der Waals surface area (Å²) in [6.45, 7) is 0.514. The summed E-state index contributed by atoms with van der Waals surface area (Å²) < 4.78 is 22.2. The van der Waals surface area contributed by atoms with Gasteiger partial charge in [0.25, 0.3) is 5.91 Å². The van der Waals surface area contributed by atoms with Crippen molar-refractivity contribution in [3.63, 3.8) is 0 Å². The number of hydrogen-bond acceptors (Lipinski definition) is 7. The van der Waals surface area contributed by atoms with E-state index in [1.165, 1.54) is 17.8 Å². The molecule has 2 aromatic rings. The second-order valence-electron chi connectivity index (χ2n) is 4.63. The molecule has 2 heterocycles. The van der Waals surface area contributed by atoms with Crippen LogP contribution < -0.4 is 11.2 Å². The van der Waals surface area contributed by atoms with Gasteiger partial charge >= 0.3 is 0 Å². The van der Waals surface area contributed by atoms with E-state index in [0.29, 0.717) is 38.8 Å². The van der Waals surface area contributed by atoms with Gasteiger partial charge in [-0.05, 0) is 33.6 Å². The molecular weight excluding hydrogens is 405 g/mol. The van der Waals surface area contributed by atoms with E-state index in [4.69, 9.17) is 5.73 Å². The molecular formula is C13H11BrFN5OS2. The SMILES string of the molecule is NCCSc1nsnc1C1=NNC(=O)C1c1ccc(F)c(Br)c1. The van der Waals surface area contributed by atoms with Crippen molar-refractivity contribution in [1.29, 1.82) is 0 Å². The summed E-state index contributed by atoms with van der Waals surface area (Å²) in [6, 6.07) is 4.45. The summed E-state index contributed by atoms with van der Waals surface area (Å²) in [5.41, 5.74) is 9.67.